The molecule has 1 rings (SSSR count). The van der Waals surface area contributed by atoms with Gasteiger partial charge in [0.1, 0.15) is 0 Å². The Bertz CT molecular complexity index is 287. The maximum Gasteiger partial charge on any atom is 0.0657 e. The molecule has 0 spiro atoms. The molecule has 0 saturated carbocycles. The number of aryl methyl sites for hydroxylation is 2. The smallest absolute Gasteiger partial charge is 0.0657 e. The molecule has 0 aliphatic rings. The summed E-state index contributed by atoms with van der Waals surface area (Å²) in [6.45, 7) is 6.21. The Balaban J connectivity index is 3.10. The van der Waals surface area contributed by atoms with Crippen LogP contribution in [0.1, 0.15) is 25.0 Å². The summed E-state index contributed by atoms with van der Waals surface area (Å²) in [4.78, 5) is 4.29. The third-order valence-electron chi connectivity index (χ3n) is 1.88. The Hall–Kier alpha value is -1.11. The molecule has 64 valence electrons. The highest BCUT2D eigenvalue weighted by atomic mass is 14.7. The van der Waals surface area contributed by atoms with Gasteiger partial charge in [-0.25, -0.2) is 0 Å². The van der Waals surface area contributed by atoms with Gasteiger partial charge < -0.3 is 0 Å². The topological polar surface area (TPSA) is 12.4 Å². The summed E-state index contributed by atoms with van der Waals surface area (Å²) in [5, 5.41) is 0. The number of aliphatic imine (C=N–C) groups is 1. The minimum atomic E-state index is 1.05. The molecule has 1 heteroatoms. The number of rotatable bonds is 2. The molecule has 0 unspecified atom stereocenters. The zero-order valence-corrected chi connectivity index (χ0v) is 7.96. The van der Waals surface area contributed by atoms with E-state index in [4.69, 9.17) is 0 Å². The Morgan fingerprint density at radius 1 is 1.42 bits per heavy atom. The zero-order valence-electron chi connectivity index (χ0n) is 7.96. The quantitative estimate of drug-likeness (QED) is 0.590. The molecular weight excluding hydrogens is 146 g/mol. The van der Waals surface area contributed by atoms with Gasteiger partial charge in [-0.2, -0.15) is 0 Å². The van der Waals surface area contributed by atoms with Crippen molar-refractivity contribution in [1.29, 1.82) is 0 Å². The van der Waals surface area contributed by atoms with E-state index in [-0.39, 0.29) is 0 Å². The molecule has 0 N–H and O–H groups in total. The first kappa shape index (κ1) is 8.98. The number of benzene rings is 1. The first-order valence-electron chi connectivity index (χ1n) is 4.36. The van der Waals surface area contributed by atoms with Crippen molar-refractivity contribution in [3.05, 3.63) is 29.3 Å². The van der Waals surface area contributed by atoms with E-state index in [9.17, 15) is 0 Å². The lowest BCUT2D eigenvalue weighted by Crippen LogP contribution is -1.82. The van der Waals surface area contributed by atoms with Crippen LogP contribution in [0.25, 0.3) is 0 Å². The van der Waals surface area contributed by atoms with Crippen LogP contribution in [0.4, 0.5) is 5.69 Å². The molecule has 0 heterocycles. The highest BCUT2D eigenvalue weighted by Gasteiger charge is 1.97. The van der Waals surface area contributed by atoms with Gasteiger partial charge in [-0.05, 0) is 31.9 Å². The standard InChI is InChI=1S/C11H15N/c1-4-10-8-9(3)6-7-11(10)12-5-2/h5-8H,4H2,1-3H3. The van der Waals surface area contributed by atoms with Gasteiger partial charge in [0, 0.05) is 6.21 Å². The normalized spacial score (nSPS) is 10.9. The summed E-state index contributed by atoms with van der Waals surface area (Å²) in [5.41, 5.74) is 3.74. The van der Waals surface area contributed by atoms with Crippen molar-refractivity contribution in [1.82, 2.24) is 0 Å². The van der Waals surface area contributed by atoms with Crippen molar-refractivity contribution in [2.45, 2.75) is 27.2 Å². The molecule has 0 aliphatic carbocycles. The van der Waals surface area contributed by atoms with Crippen molar-refractivity contribution >= 4 is 11.9 Å². The summed E-state index contributed by atoms with van der Waals surface area (Å²) in [7, 11) is 0. The fourth-order valence-electron chi connectivity index (χ4n) is 1.26. The van der Waals surface area contributed by atoms with Crippen molar-refractivity contribution in [2.75, 3.05) is 0 Å². The lowest BCUT2D eigenvalue weighted by molar-refractivity contribution is 1.13. The summed E-state index contributed by atoms with van der Waals surface area (Å²) < 4.78 is 0. The Kier molecular flexibility index (Phi) is 3.03. The van der Waals surface area contributed by atoms with Gasteiger partial charge in [-0.15, -0.1) is 0 Å². The van der Waals surface area contributed by atoms with Crippen LogP contribution >= 0.6 is 0 Å². The van der Waals surface area contributed by atoms with Gasteiger partial charge in [-0.1, -0.05) is 24.6 Å². The SMILES string of the molecule is CC=Nc1ccc(C)cc1CC. The zero-order chi connectivity index (χ0) is 8.97. The van der Waals surface area contributed by atoms with E-state index in [2.05, 4.69) is 37.0 Å². The Labute approximate surface area is 74.2 Å². The highest BCUT2D eigenvalue weighted by molar-refractivity contribution is 5.62. The van der Waals surface area contributed by atoms with Crippen LogP contribution in [0.3, 0.4) is 0 Å². The van der Waals surface area contributed by atoms with Crippen molar-refractivity contribution in [3.63, 3.8) is 0 Å². The third kappa shape index (κ3) is 1.94. The first-order chi connectivity index (χ1) is 5.77. The van der Waals surface area contributed by atoms with Crippen LogP contribution in [0.5, 0.6) is 0 Å². The van der Waals surface area contributed by atoms with Gasteiger partial charge in [0.2, 0.25) is 0 Å². The Morgan fingerprint density at radius 3 is 2.75 bits per heavy atom. The molecule has 0 fully saturated rings. The van der Waals surface area contributed by atoms with E-state index in [1.54, 1.807) is 0 Å². The van der Waals surface area contributed by atoms with Crippen molar-refractivity contribution < 1.29 is 0 Å². The minimum absolute atomic E-state index is 1.05. The third-order valence-corrected chi connectivity index (χ3v) is 1.88. The predicted octanol–water partition coefficient (Wildman–Crippen LogP) is 3.28. The van der Waals surface area contributed by atoms with Crippen LogP contribution in [-0.4, -0.2) is 6.21 Å². The summed E-state index contributed by atoms with van der Waals surface area (Å²) >= 11 is 0. The second kappa shape index (κ2) is 4.05. The van der Waals surface area contributed by atoms with Crippen LogP contribution in [0.2, 0.25) is 0 Å². The fourth-order valence-corrected chi connectivity index (χ4v) is 1.26. The van der Waals surface area contributed by atoms with E-state index in [1.165, 1.54) is 11.1 Å². The molecular formula is C11H15N. The Morgan fingerprint density at radius 2 is 2.17 bits per heavy atom. The van der Waals surface area contributed by atoms with E-state index >= 15 is 0 Å². The van der Waals surface area contributed by atoms with Gasteiger partial charge in [-0.3, -0.25) is 4.99 Å². The maximum atomic E-state index is 4.29. The van der Waals surface area contributed by atoms with Crippen LogP contribution in [0.15, 0.2) is 23.2 Å². The molecule has 0 aliphatic heterocycles. The number of hydrogen-bond acceptors (Lipinski definition) is 1. The van der Waals surface area contributed by atoms with Crippen molar-refractivity contribution in [2.24, 2.45) is 4.99 Å². The summed E-state index contributed by atoms with van der Waals surface area (Å²) in [6, 6.07) is 6.37. The van der Waals surface area contributed by atoms with Crippen LogP contribution < -0.4 is 0 Å². The predicted molar refractivity (Wildman–Crippen MR) is 54.4 cm³/mol. The van der Waals surface area contributed by atoms with E-state index in [0.29, 0.717) is 0 Å². The molecule has 1 aromatic rings. The van der Waals surface area contributed by atoms with Gasteiger partial charge in [0.15, 0.2) is 0 Å². The van der Waals surface area contributed by atoms with Gasteiger partial charge >= 0.3 is 0 Å². The molecule has 12 heavy (non-hydrogen) atoms. The summed E-state index contributed by atoms with van der Waals surface area (Å²) in [6.07, 6.45) is 2.89. The van der Waals surface area contributed by atoms with E-state index < -0.39 is 0 Å². The van der Waals surface area contributed by atoms with Gasteiger partial charge in [0.25, 0.3) is 0 Å². The average molecular weight is 161 g/mol. The molecule has 0 radical (unpaired) electrons. The molecule has 0 bridgehead atoms. The summed E-state index contributed by atoms with van der Waals surface area (Å²) in [5.74, 6) is 0. The van der Waals surface area contributed by atoms with E-state index in [0.717, 1.165) is 12.1 Å². The van der Waals surface area contributed by atoms with E-state index in [1.807, 2.05) is 13.1 Å². The lowest BCUT2D eigenvalue weighted by atomic mass is 10.1. The second-order valence-electron chi connectivity index (χ2n) is 2.87. The average Bonchev–Trinajstić information content (AvgIpc) is 2.08. The van der Waals surface area contributed by atoms with Gasteiger partial charge in [0.05, 0.1) is 5.69 Å². The minimum Gasteiger partial charge on any atom is -0.261 e. The molecule has 0 aromatic heterocycles. The fraction of sp³-hybridized carbons (Fsp3) is 0.364. The van der Waals surface area contributed by atoms with Crippen LogP contribution in [-0.2, 0) is 6.42 Å². The van der Waals surface area contributed by atoms with Crippen LogP contribution in [0, 0.1) is 6.92 Å². The molecule has 1 aromatic carbocycles. The highest BCUT2D eigenvalue weighted by Crippen LogP contribution is 2.20. The maximum absolute atomic E-state index is 4.29. The molecule has 0 saturated heterocycles. The lowest BCUT2D eigenvalue weighted by Gasteiger charge is -2.03. The largest absolute Gasteiger partial charge is 0.261 e. The second-order valence-corrected chi connectivity index (χ2v) is 2.87. The number of hydrogen-bond donors (Lipinski definition) is 0. The molecule has 0 atom stereocenters. The molecule has 1 nitrogen and oxygen atoms in total. The monoisotopic (exact) mass is 161 g/mol. The van der Waals surface area contributed by atoms with Crippen molar-refractivity contribution in [3.8, 4) is 0 Å². The number of nitrogens with zero attached hydrogens (tertiary/aromatic N) is 1. The first-order valence-corrected chi connectivity index (χ1v) is 4.36. The molecule has 0 amide bonds.